The number of hydrogen-bond donors (Lipinski definition) is 1. The molecule has 3 aromatic carbocycles. The fourth-order valence-corrected chi connectivity index (χ4v) is 6.02. The molecule has 39 heavy (non-hydrogen) atoms. The topological polar surface area (TPSA) is 96.0 Å². The Bertz CT molecular complexity index is 1410. The summed E-state index contributed by atoms with van der Waals surface area (Å²) in [6, 6.07) is 16.9. The summed E-state index contributed by atoms with van der Waals surface area (Å²) in [5.74, 6) is -0.363. The normalized spacial score (nSPS) is 11.9. The van der Waals surface area contributed by atoms with Crippen molar-refractivity contribution in [2.24, 2.45) is 0 Å². The highest BCUT2D eigenvalue weighted by Gasteiger charge is 2.33. The maximum atomic E-state index is 14.0. The predicted molar refractivity (Wildman–Crippen MR) is 154 cm³/mol. The molecule has 11 heteroatoms. The number of nitrogens with zero attached hydrogens (tertiary/aromatic N) is 2. The Balaban J connectivity index is 2.10. The lowest BCUT2D eigenvalue weighted by Gasteiger charge is -2.33. The van der Waals surface area contributed by atoms with Crippen molar-refractivity contribution in [2.75, 3.05) is 25.0 Å². The lowest BCUT2D eigenvalue weighted by Crippen LogP contribution is -2.51. The van der Waals surface area contributed by atoms with Crippen molar-refractivity contribution in [1.29, 1.82) is 0 Å². The molecule has 8 nitrogen and oxygen atoms in total. The Morgan fingerprint density at radius 3 is 2.21 bits per heavy atom. The molecule has 3 aromatic rings. The zero-order chi connectivity index (χ0) is 28.7. The molecule has 1 atom stereocenters. The number of rotatable bonds is 11. The number of ether oxygens (including phenoxy) is 1. The molecule has 2 amide bonds. The summed E-state index contributed by atoms with van der Waals surface area (Å²) in [5, 5.41) is 3.01. The van der Waals surface area contributed by atoms with Crippen LogP contribution in [0, 0.1) is 6.92 Å². The largest absolute Gasteiger partial charge is 0.497 e. The van der Waals surface area contributed by atoms with Crippen molar-refractivity contribution in [3.05, 3.63) is 87.9 Å². The number of anilines is 1. The number of halogens is 2. The smallest absolute Gasteiger partial charge is 0.264 e. The SMILES string of the molecule is CC[C@H](C(=O)NC)N(Cc1cccc(OC)c1)C(=O)CN(c1cc(Cl)cc(Cl)c1)S(=O)(=O)c1ccc(C)cc1. The lowest BCUT2D eigenvalue weighted by atomic mass is 10.1. The molecule has 0 aromatic heterocycles. The Labute approximate surface area is 239 Å². The first kappa shape index (κ1) is 30.3. The van der Waals surface area contributed by atoms with Gasteiger partial charge in [-0.1, -0.05) is 60.0 Å². The molecule has 208 valence electrons. The highest BCUT2D eigenvalue weighted by Crippen LogP contribution is 2.30. The van der Waals surface area contributed by atoms with Crippen molar-refractivity contribution < 1.29 is 22.7 Å². The third kappa shape index (κ3) is 7.44. The van der Waals surface area contributed by atoms with Gasteiger partial charge in [-0.15, -0.1) is 0 Å². The highest BCUT2D eigenvalue weighted by atomic mass is 35.5. The predicted octanol–water partition coefficient (Wildman–Crippen LogP) is 5.06. The minimum Gasteiger partial charge on any atom is -0.497 e. The summed E-state index contributed by atoms with van der Waals surface area (Å²) in [6.07, 6.45) is 0.309. The minimum atomic E-state index is -4.23. The first-order chi connectivity index (χ1) is 18.5. The first-order valence-electron chi connectivity index (χ1n) is 12.2. The van der Waals surface area contributed by atoms with Crippen molar-refractivity contribution in [3.63, 3.8) is 0 Å². The van der Waals surface area contributed by atoms with Crippen molar-refractivity contribution in [2.45, 2.75) is 37.8 Å². The van der Waals surface area contributed by atoms with Gasteiger partial charge in [-0.25, -0.2) is 8.42 Å². The Hall–Kier alpha value is -3.27. The Kier molecular flexibility index (Phi) is 10.2. The Morgan fingerprint density at radius 1 is 1.00 bits per heavy atom. The average Bonchev–Trinajstić information content (AvgIpc) is 2.90. The van der Waals surface area contributed by atoms with Crippen LogP contribution in [0.5, 0.6) is 5.75 Å². The van der Waals surface area contributed by atoms with Crippen molar-refractivity contribution >= 4 is 50.7 Å². The zero-order valence-electron chi connectivity index (χ0n) is 22.1. The van der Waals surface area contributed by atoms with Gasteiger partial charge in [0.15, 0.2) is 0 Å². The fraction of sp³-hybridized carbons (Fsp3) is 0.286. The van der Waals surface area contributed by atoms with E-state index in [0.29, 0.717) is 17.7 Å². The molecule has 0 saturated carbocycles. The van der Waals surface area contributed by atoms with E-state index in [4.69, 9.17) is 27.9 Å². The number of methoxy groups -OCH3 is 1. The molecule has 1 N–H and O–H groups in total. The zero-order valence-corrected chi connectivity index (χ0v) is 24.5. The molecule has 0 radical (unpaired) electrons. The molecule has 0 unspecified atom stereocenters. The molecule has 0 aliphatic carbocycles. The fourth-order valence-electron chi connectivity index (χ4n) is 4.10. The highest BCUT2D eigenvalue weighted by molar-refractivity contribution is 7.92. The summed E-state index contributed by atoms with van der Waals surface area (Å²) in [4.78, 5) is 28.1. The summed E-state index contributed by atoms with van der Waals surface area (Å²) in [5.41, 5.74) is 1.71. The molecule has 3 rings (SSSR count). The average molecular weight is 593 g/mol. The van der Waals surface area contributed by atoms with Crippen LogP contribution in [0.4, 0.5) is 5.69 Å². The van der Waals surface area contributed by atoms with Crippen molar-refractivity contribution in [3.8, 4) is 5.75 Å². The number of carbonyl (C=O) groups is 2. The van der Waals surface area contributed by atoms with Crippen LogP contribution in [0.1, 0.15) is 24.5 Å². The van der Waals surface area contributed by atoms with Gasteiger partial charge in [-0.3, -0.25) is 13.9 Å². The first-order valence-corrected chi connectivity index (χ1v) is 14.4. The maximum Gasteiger partial charge on any atom is 0.264 e. The van der Waals surface area contributed by atoms with Crippen LogP contribution in [0.3, 0.4) is 0 Å². The van der Waals surface area contributed by atoms with Crippen LogP contribution in [-0.4, -0.2) is 51.9 Å². The van der Waals surface area contributed by atoms with Crippen LogP contribution in [0.15, 0.2) is 71.6 Å². The Morgan fingerprint density at radius 2 is 1.64 bits per heavy atom. The van der Waals surface area contributed by atoms with Gasteiger partial charge in [0.1, 0.15) is 18.3 Å². The van der Waals surface area contributed by atoms with Gasteiger partial charge in [0, 0.05) is 23.6 Å². The lowest BCUT2D eigenvalue weighted by molar-refractivity contribution is -0.140. The molecule has 0 spiro atoms. The van der Waals surface area contributed by atoms with Crippen LogP contribution < -0.4 is 14.4 Å². The molecule has 0 aliphatic rings. The second-order valence-electron chi connectivity index (χ2n) is 8.86. The number of carbonyl (C=O) groups excluding carboxylic acids is 2. The van der Waals surface area contributed by atoms with Gasteiger partial charge in [0.05, 0.1) is 17.7 Å². The number of amides is 2. The standard InChI is InChI=1S/C28H31Cl2N3O5S/c1-5-26(28(35)31-3)32(17-20-7-6-8-24(13-20)38-4)27(34)18-33(23-15-21(29)14-22(30)16-23)39(36,37)25-11-9-19(2)10-12-25/h6-16,26H,5,17-18H2,1-4H3,(H,31,35)/t26-/m1/s1. The number of aryl methyl sites for hydroxylation is 1. The molecular formula is C28H31Cl2N3O5S. The summed E-state index contributed by atoms with van der Waals surface area (Å²) >= 11 is 12.4. The number of nitrogens with one attached hydrogen (secondary N) is 1. The van der Waals surface area contributed by atoms with Crippen LogP contribution in [-0.2, 0) is 26.2 Å². The van der Waals surface area contributed by atoms with Crippen molar-refractivity contribution in [1.82, 2.24) is 10.2 Å². The van der Waals surface area contributed by atoms with Gasteiger partial charge in [0.25, 0.3) is 10.0 Å². The van der Waals surface area contributed by atoms with Crippen LogP contribution >= 0.6 is 23.2 Å². The molecule has 0 bridgehead atoms. The number of likely N-dealkylation sites (N-methyl/N-ethyl adjacent to an activating group) is 1. The number of sulfonamides is 1. The van der Waals surface area contributed by atoms with E-state index in [9.17, 15) is 18.0 Å². The van der Waals surface area contributed by atoms with Crippen LogP contribution in [0.25, 0.3) is 0 Å². The quantitative estimate of drug-likeness (QED) is 0.336. The van der Waals surface area contributed by atoms with Gasteiger partial charge in [-0.2, -0.15) is 0 Å². The van der Waals surface area contributed by atoms with Gasteiger partial charge in [-0.05, 0) is 61.4 Å². The number of benzene rings is 3. The third-order valence-corrected chi connectivity index (χ3v) is 8.37. The van der Waals surface area contributed by atoms with E-state index in [2.05, 4.69) is 5.32 Å². The van der Waals surface area contributed by atoms with E-state index in [-0.39, 0.29) is 33.1 Å². The van der Waals surface area contributed by atoms with E-state index in [0.717, 1.165) is 9.87 Å². The van der Waals surface area contributed by atoms with E-state index < -0.39 is 28.5 Å². The third-order valence-electron chi connectivity index (χ3n) is 6.14. The molecule has 0 heterocycles. The molecule has 0 saturated heterocycles. The monoisotopic (exact) mass is 591 g/mol. The summed E-state index contributed by atoms with van der Waals surface area (Å²) in [7, 11) is -1.21. The molecule has 0 aliphatic heterocycles. The van der Waals surface area contributed by atoms with Crippen LogP contribution in [0.2, 0.25) is 10.0 Å². The second-order valence-corrected chi connectivity index (χ2v) is 11.6. The summed E-state index contributed by atoms with van der Waals surface area (Å²) in [6.45, 7) is 3.08. The second kappa shape index (κ2) is 13.2. The molecule has 0 fully saturated rings. The number of hydrogen-bond acceptors (Lipinski definition) is 5. The van der Waals surface area contributed by atoms with E-state index in [1.807, 2.05) is 6.92 Å². The van der Waals surface area contributed by atoms with E-state index in [1.54, 1.807) is 43.3 Å². The minimum absolute atomic E-state index is 0.00492. The van der Waals surface area contributed by atoms with Gasteiger partial charge in [0.2, 0.25) is 11.8 Å². The van der Waals surface area contributed by atoms with Gasteiger partial charge >= 0.3 is 0 Å². The van der Waals surface area contributed by atoms with Gasteiger partial charge < -0.3 is 15.0 Å². The molecular weight excluding hydrogens is 561 g/mol. The van der Waals surface area contributed by atoms with E-state index in [1.165, 1.54) is 49.4 Å². The maximum absolute atomic E-state index is 14.0. The van der Waals surface area contributed by atoms with E-state index >= 15 is 0 Å². The summed E-state index contributed by atoms with van der Waals surface area (Å²) < 4.78 is 34.0.